The molecule has 1 aromatic heterocycles. The van der Waals surface area contributed by atoms with Crippen LogP contribution in [0.25, 0.3) is 11.3 Å². The number of hydrogen-bond acceptors (Lipinski definition) is 5. The predicted molar refractivity (Wildman–Crippen MR) is 101 cm³/mol. The lowest BCUT2D eigenvalue weighted by molar-refractivity contribution is 0.340. The van der Waals surface area contributed by atoms with Crippen LogP contribution in [-0.2, 0) is 10.0 Å². The molecule has 0 aliphatic rings. The molecule has 1 N–H and O–H groups in total. The SMILES string of the molecule is CCOc1ccc(S(=O)(=O)Nc2ccc(-c3csc(C)n3)cc2)cc1. The molecule has 0 aliphatic carbocycles. The summed E-state index contributed by atoms with van der Waals surface area (Å²) in [6, 6.07) is 13.5. The van der Waals surface area contributed by atoms with Crippen LogP contribution >= 0.6 is 11.3 Å². The number of benzene rings is 2. The predicted octanol–water partition coefficient (Wildman–Crippen LogP) is 4.32. The van der Waals surface area contributed by atoms with E-state index in [0.717, 1.165) is 16.3 Å². The van der Waals surface area contributed by atoms with Gasteiger partial charge in [0.1, 0.15) is 5.75 Å². The van der Waals surface area contributed by atoms with Crippen LogP contribution in [0.3, 0.4) is 0 Å². The van der Waals surface area contributed by atoms with E-state index in [1.54, 1.807) is 35.6 Å². The number of anilines is 1. The van der Waals surface area contributed by atoms with Gasteiger partial charge in [-0.2, -0.15) is 0 Å². The van der Waals surface area contributed by atoms with Crippen molar-refractivity contribution in [1.29, 1.82) is 0 Å². The van der Waals surface area contributed by atoms with Crippen LogP contribution in [0, 0.1) is 6.92 Å². The summed E-state index contributed by atoms with van der Waals surface area (Å²) in [4.78, 5) is 4.61. The fourth-order valence-electron chi connectivity index (χ4n) is 2.30. The number of sulfonamides is 1. The van der Waals surface area contributed by atoms with Crippen LogP contribution < -0.4 is 9.46 Å². The van der Waals surface area contributed by atoms with E-state index < -0.39 is 10.0 Å². The van der Waals surface area contributed by atoms with Gasteiger partial charge < -0.3 is 4.74 Å². The van der Waals surface area contributed by atoms with E-state index in [-0.39, 0.29) is 4.90 Å². The molecule has 1 heterocycles. The smallest absolute Gasteiger partial charge is 0.261 e. The van der Waals surface area contributed by atoms with Crippen LogP contribution in [-0.4, -0.2) is 20.0 Å². The normalized spacial score (nSPS) is 11.3. The molecule has 3 aromatic rings. The summed E-state index contributed by atoms with van der Waals surface area (Å²) < 4.78 is 32.8. The molecule has 0 bridgehead atoms. The third kappa shape index (κ3) is 4.18. The van der Waals surface area contributed by atoms with E-state index in [2.05, 4.69) is 9.71 Å². The van der Waals surface area contributed by atoms with E-state index in [9.17, 15) is 8.42 Å². The highest BCUT2D eigenvalue weighted by molar-refractivity contribution is 7.92. The highest BCUT2D eigenvalue weighted by atomic mass is 32.2. The summed E-state index contributed by atoms with van der Waals surface area (Å²) in [5, 5.41) is 2.98. The van der Waals surface area contributed by atoms with Crippen molar-refractivity contribution in [2.24, 2.45) is 0 Å². The molecule has 0 fully saturated rings. The number of aryl methyl sites for hydroxylation is 1. The third-order valence-corrected chi connectivity index (χ3v) is 5.67. The van der Waals surface area contributed by atoms with Crippen LogP contribution in [0.15, 0.2) is 58.8 Å². The number of nitrogens with zero attached hydrogens (tertiary/aromatic N) is 1. The van der Waals surface area contributed by atoms with Gasteiger partial charge in [-0.25, -0.2) is 13.4 Å². The second kappa shape index (κ2) is 7.25. The Bertz CT molecular complexity index is 947. The molecule has 25 heavy (non-hydrogen) atoms. The molecular weight excluding hydrogens is 356 g/mol. The number of thiazole rings is 1. The van der Waals surface area contributed by atoms with Gasteiger partial charge in [-0.05, 0) is 50.2 Å². The van der Waals surface area contributed by atoms with Crippen molar-refractivity contribution < 1.29 is 13.2 Å². The molecule has 0 radical (unpaired) electrons. The average Bonchev–Trinajstić information content (AvgIpc) is 3.02. The largest absolute Gasteiger partial charge is 0.494 e. The first kappa shape index (κ1) is 17.4. The summed E-state index contributed by atoms with van der Waals surface area (Å²) in [6.45, 7) is 4.37. The van der Waals surface area contributed by atoms with Crippen LogP contribution in [0.4, 0.5) is 5.69 Å². The summed E-state index contributed by atoms with van der Waals surface area (Å²) in [5.41, 5.74) is 2.35. The quantitative estimate of drug-likeness (QED) is 0.698. The maximum Gasteiger partial charge on any atom is 0.261 e. The van der Waals surface area contributed by atoms with Crippen LogP contribution in [0.1, 0.15) is 11.9 Å². The molecule has 7 heteroatoms. The summed E-state index contributed by atoms with van der Waals surface area (Å²) in [6.07, 6.45) is 0. The van der Waals surface area contributed by atoms with Crippen molar-refractivity contribution in [3.05, 3.63) is 58.9 Å². The van der Waals surface area contributed by atoms with E-state index in [0.29, 0.717) is 18.0 Å². The second-order valence-electron chi connectivity index (χ2n) is 5.34. The van der Waals surface area contributed by atoms with E-state index >= 15 is 0 Å². The zero-order valence-corrected chi connectivity index (χ0v) is 15.5. The Morgan fingerprint density at radius 2 is 1.76 bits per heavy atom. The molecule has 3 rings (SSSR count). The van der Waals surface area contributed by atoms with Gasteiger partial charge in [0.05, 0.1) is 22.2 Å². The van der Waals surface area contributed by atoms with Crippen molar-refractivity contribution in [3.63, 3.8) is 0 Å². The molecule has 2 aromatic carbocycles. The molecule has 0 saturated carbocycles. The molecule has 0 saturated heterocycles. The van der Waals surface area contributed by atoms with Crippen LogP contribution in [0.5, 0.6) is 5.75 Å². The fraction of sp³-hybridized carbons (Fsp3) is 0.167. The average molecular weight is 374 g/mol. The number of rotatable bonds is 6. The molecular formula is C18H18N2O3S2. The first-order valence-electron chi connectivity index (χ1n) is 7.76. The minimum atomic E-state index is -3.64. The van der Waals surface area contributed by atoms with Crippen molar-refractivity contribution >= 4 is 27.0 Å². The molecule has 0 unspecified atom stereocenters. The Labute approximate surface area is 151 Å². The van der Waals surface area contributed by atoms with Gasteiger partial charge in [-0.1, -0.05) is 12.1 Å². The van der Waals surface area contributed by atoms with Crippen molar-refractivity contribution in [3.8, 4) is 17.0 Å². The molecule has 0 spiro atoms. The third-order valence-electron chi connectivity index (χ3n) is 3.50. The minimum absolute atomic E-state index is 0.190. The fourth-order valence-corrected chi connectivity index (χ4v) is 3.98. The van der Waals surface area contributed by atoms with Gasteiger partial charge >= 0.3 is 0 Å². The number of nitrogens with one attached hydrogen (secondary N) is 1. The summed E-state index contributed by atoms with van der Waals surface area (Å²) in [7, 11) is -3.64. The van der Waals surface area contributed by atoms with Crippen molar-refractivity contribution in [2.75, 3.05) is 11.3 Å². The molecule has 0 amide bonds. The molecule has 5 nitrogen and oxygen atoms in total. The lowest BCUT2D eigenvalue weighted by Crippen LogP contribution is -2.12. The Kier molecular flexibility index (Phi) is 5.06. The van der Waals surface area contributed by atoms with E-state index in [4.69, 9.17) is 4.74 Å². The molecule has 0 aliphatic heterocycles. The number of aromatic nitrogens is 1. The van der Waals surface area contributed by atoms with Gasteiger partial charge in [-0.15, -0.1) is 11.3 Å². The molecule has 0 atom stereocenters. The number of hydrogen-bond donors (Lipinski definition) is 1. The van der Waals surface area contributed by atoms with Gasteiger partial charge in [-0.3, -0.25) is 4.72 Å². The van der Waals surface area contributed by atoms with Gasteiger partial charge in [0, 0.05) is 16.6 Å². The maximum absolute atomic E-state index is 12.5. The monoisotopic (exact) mass is 374 g/mol. The summed E-state index contributed by atoms with van der Waals surface area (Å²) >= 11 is 1.58. The van der Waals surface area contributed by atoms with Gasteiger partial charge in [0.2, 0.25) is 0 Å². The van der Waals surface area contributed by atoms with E-state index in [1.165, 1.54) is 12.1 Å². The topological polar surface area (TPSA) is 68.3 Å². The van der Waals surface area contributed by atoms with Gasteiger partial charge in [0.15, 0.2) is 0 Å². The Morgan fingerprint density at radius 1 is 1.08 bits per heavy atom. The Balaban J connectivity index is 1.76. The number of ether oxygens (including phenoxy) is 1. The zero-order valence-electron chi connectivity index (χ0n) is 13.9. The summed E-state index contributed by atoms with van der Waals surface area (Å²) in [5.74, 6) is 0.643. The van der Waals surface area contributed by atoms with Gasteiger partial charge in [0.25, 0.3) is 10.0 Å². The van der Waals surface area contributed by atoms with Crippen molar-refractivity contribution in [1.82, 2.24) is 4.98 Å². The minimum Gasteiger partial charge on any atom is -0.494 e. The highest BCUT2D eigenvalue weighted by Gasteiger charge is 2.14. The van der Waals surface area contributed by atoms with Crippen molar-refractivity contribution in [2.45, 2.75) is 18.7 Å². The molecule has 130 valence electrons. The van der Waals surface area contributed by atoms with Crippen LogP contribution in [0.2, 0.25) is 0 Å². The van der Waals surface area contributed by atoms with E-state index in [1.807, 2.05) is 31.4 Å². The maximum atomic E-state index is 12.5. The first-order valence-corrected chi connectivity index (χ1v) is 10.1. The Morgan fingerprint density at radius 3 is 2.32 bits per heavy atom. The second-order valence-corrected chi connectivity index (χ2v) is 8.08. The lowest BCUT2D eigenvalue weighted by Gasteiger charge is -2.09. The standard InChI is InChI=1S/C18H18N2O3S2/c1-3-23-16-8-10-17(11-9-16)25(21,22)20-15-6-4-14(5-7-15)18-12-24-13(2)19-18/h4-12,20H,3H2,1-2H3. The first-order chi connectivity index (χ1) is 12.0. The Hall–Kier alpha value is -2.38. The lowest BCUT2D eigenvalue weighted by atomic mass is 10.1. The zero-order chi connectivity index (χ0) is 17.9. The highest BCUT2D eigenvalue weighted by Crippen LogP contribution is 2.24.